The monoisotopic (exact) mass is 624 g/mol. The van der Waals surface area contributed by atoms with Crippen molar-refractivity contribution < 1.29 is 22.7 Å². The van der Waals surface area contributed by atoms with Crippen LogP contribution in [0.3, 0.4) is 0 Å². The summed E-state index contributed by atoms with van der Waals surface area (Å²) < 4.78 is 33.2. The van der Waals surface area contributed by atoms with Gasteiger partial charge in [0.1, 0.15) is 12.3 Å². The molecule has 4 rings (SSSR count). The largest absolute Gasteiger partial charge is 0.484 e. The van der Waals surface area contributed by atoms with Gasteiger partial charge in [0.15, 0.2) is 6.61 Å². The van der Waals surface area contributed by atoms with Crippen molar-refractivity contribution >= 4 is 56.9 Å². The molecule has 2 amide bonds. The van der Waals surface area contributed by atoms with Gasteiger partial charge in [-0.05, 0) is 65.7 Å². The summed E-state index contributed by atoms with van der Waals surface area (Å²) in [7, 11) is -4.15. The summed E-state index contributed by atoms with van der Waals surface area (Å²) in [4.78, 5) is 24.8. The molecule has 216 valence electrons. The van der Waals surface area contributed by atoms with E-state index in [1.807, 2.05) is 30.3 Å². The fourth-order valence-corrected chi connectivity index (χ4v) is 5.72. The Morgan fingerprint density at radius 1 is 0.857 bits per heavy atom. The molecule has 0 fully saturated rings. The second kappa shape index (κ2) is 14.5. The van der Waals surface area contributed by atoms with Crippen molar-refractivity contribution in [1.82, 2.24) is 10.7 Å². The maximum Gasteiger partial charge on any atom is 0.264 e. The maximum atomic E-state index is 13.4. The van der Waals surface area contributed by atoms with E-state index in [0.29, 0.717) is 22.9 Å². The molecule has 0 unspecified atom stereocenters. The minimum Gasteiger partial charge on any atom is -0.484 e. The van der Waals surface area contributed by atoms with Gasteiger partial charge in [-0.15, -0.1) is 0 Å². The Bertz CT molecular complexity index is 1650. The van der Waals surface area contributed by atoms with E-state index >= 15 is 0 Å². The highest BCUT2D eigenvalue weighted by Crippen LogP contribution is 2.32. The van der Waals surface area contributed by atoms with Crippen LogP contribution in [-0.2, 0) is 26.2 Å². The second-order valence-corrected chi connectivity index (χ2v) is 11.5. The highest BCUT2D eigenvalue weighted by Gasteiger charge is 2.28. The van der Waals surface area contributed by atoms with Gasteiger partial charge < -0.3 is 10.1 Å². The molecule has 0 aliphatic rings. The number of hydrogen-bond acceptors (Lipinski definition) is 6. The second-order valence-electron chi connectivity index (χ2n) is 8.83. The van der Waals surface area contributed by atoms with Crippen LogP contribution in [0, 0.1) is 0 Å². The van der Waals surface area contributed by atoms with E-state index in [-0.39, 0.29) is 28.1 Å². The summed E-state index contributed by atoms with van der Waals surface area (Å²) in [6.07, 6.45) is 1.39. The van der Waals surface area contributed by atoms with Gasteiger partial charge in [0.25, 0.3) is 21.8 Å². The van der Waals surface area contributed by atoms with Crippen LogP contribution in [-0.4, -0.2) is 39.6 Å². The molecule has 0 spiro atoms. The normalized spacial score (nSPS) is 11.2. The average Bonchev–Trinajstić information content (AvgIpc) is 2.99. The molecule has 0 heterocycles. The van der Waals surface area contributed by atoms with Gasteiger partial charge in [-0.1, -0.05) is 71.7 Å². The quantitative estimate of drug-likeness (QED) is 0.169. The van der Waals surface area contributed by atoms with Gasteiger partial charge in [0, 0.05) is 11.6 Å². The molecule has 0 aliphatic carbocycles. The molecule has 0 radical (unpaired) electrons. The summed E-state index contributed by atoms with van der Waals surface area (Å²) in [6.45, 7) is -0.321. The molecule has 4 aromatic rings. The minimum absolute atomic E-state index is 0.0108. The van der Waals surface area contributed by atoms with Gasteiger partial charge in [-0.25, -0.2) is 13.8 Å². The van der Waals surface area contributed by atoms with E-state index in [9.17, 15) is 18.0 Å². The number of benzene rings is 4. The number of sulfonamides is 1. The molecule has 9 nitrogen and oxygen atoms in total. The highest BCUT2D eigenvalue weighted by molar-refractivity contribution is 7.92. The van der Waals surface area contributed by atoms with Crippen molar-refractivity contribution in [2.24, 2.45) is 5.10 Å². The number of carbonyl (C=O) groups excluding carboxylic acids is 2. The van der Waals surface area contributed by atoms with Crippen molar-refractivity contribution in [1.29, 1.82) is 0 Å². The summed E-state index contributed by atoms with van der Waals surface area (Å²) in [5, 5.41) is 7.10. The predicted octanol–water partition coefficient (Wildman–Crippen LogP) is 5.03. The van der Waals surface area contributed by atoms with Crippen molar-refractivity contribution in [3.05, 3.63) is 124 Å². The van der Waals surface area contributed by atoms with Crippen molar-refractivity contribution in [2.45, 2.75) is 11.4 Å². The minimum atomic E-state index is -4.15. The Labute approximate surface area is 253 Å². The Kier molecular flexibility index (Phi) is 10.6. The van der Waals surface area contributed by atoms with Crippen LogP contribution in [0.15, 0.2) is 113 Å². The molecule has 0 saturated carbocycles. The third-order valence-corrected chi connectivity index (χ3v) is 8.09. The molecule has 12 heteroatoms. The highest BCUT2D eigenvalue weighted by atomic mass is 35.5. The zero-order chi connectivity index (χ0) is 30.0. The van der Waals surface area contributed by atoms with E-state index < -0.39 is 22.5 Å². The number of anilines is 1. The van der Waals surface area contributed by atoms with Gasteiger partial charge in [-0.3, -0.25) is 13.9 Å². The molecule has 0 saturated heterocycles. The Balaban J connectivity index is 1.34. The fraction of sp³-hybridized carbons (Fsp3) is 0.100. The van der Waals surface area contributed by atoms with Gasteiger partial charge in [-0.2, -0.15) is 5.10 Å². The van der Waals surface area contributed by atoms with E-state index in [4.69, 9.17) is 27.9 Å². The number of hydrogen-bond donors (Lipinski definition) is 2. The molecule has 0 aliphatic heterocycles. The molecule has 42 heavy (non-hydrogen) atoms. The molecule has 4 aromatic carbocycles. The molecule has 2 N–H and O–H groups in total. The van der Waals surface area contributed by atoms with Crippen LogP contribution in [0.1, 0.15) is 11.1 Å². The molecular weight excluding hydrogens is 599 g/mol. The molecule has 0 atom stereocenters. The topological polar surface area (TPSA) is 117 Å². The standard InChI is InChI=1S/C30H26Cl2N4O5S/c31-24-13-16-28(27(32)17-24)36(42(39,40)26-9-5-2-6-10-26)20-29(37)35-34-19-23-11-14-25(15-12-23)41-21-30(38)33-18-22-7-3-1-4-8-22/h1-17,19H,18,20-21H2,(H,33,38)(H,35,37)/b34-19-. The Morgan fingerprint density at radius 2 is 1.52 bits per heavy atom. The van der Waals surface area contributed by atoms with E-state index in [1.165, 1.54) is 36.5 Å². The third-order valence-electron chi connectivity index (χ3n) is 5.78. The van der Waals surface area contributed by atoms with Crippen molar-refractivity contribution in [3.8, 4) is 5.75 Å². The Hall–Kier alpha value is -4.38. The zero-order valence-electron chi connectivity index (χ0n) is 22.1. The summed E-state index contributed by atoms with van der Waals surface area (Å²) in [5.74, 6) is -0.471. The first-order valence-electron chi connectivity index (χ1n) is 12.6. The number of ether oxygens (including phenoxy) is 1. The number of nitrogens with one attached hydrogen (secondary N) is 2. The van der Waals surface area contributed by atoms with Gasteiger partial charge in [0.2, 0.25) is 0 Å². The number of hydrazone groups is 1. The van der Waals surface area contributed by atoms with Gasteiger partial charge in [0.05, 0.1) is 21.8 Å². The van der Waals surface area contributed by atoms with Crippen LogP contribution in [0.4, 0.5) is 5.69 Å². The van der Waals surface area contributed by atoms with E-state index in [1.54, 1.807) is 42.5 Å². The summed E-state index contributed by atoms with van der Waals surface area (Å²) in [5.41, 5.74) is 4.05. The van der Waals surface area contributed by atoms with Crippen LogP contribution in [0.2, 0.25) is 10.0 Å². The predicted molar refractivity (Wildman–Crippen MR) is 163 cm³/mol. The van der Waals surface area contributed by atoms with Crippen LogP contribution in [0.5, 0.6) is 5.75 Å². The van der Waals surface area contributed by atoms with E-state index in [2.05, 4.69) is 15.8 Å². The van der Waals surface area contributed by atoms with Crippen LogP contribution >= 0.6 is 23.2 Å². The van der Waals surface area contributed by atoms with Crippen LogP contribution < -0.4 is 19.8 Å². The number of carbonyl (C=O) groups is 2. The first kappa shape index (κ1) is 30.6. The van der Waals surface area contributed by atoms with Crippen molar-refractivity contribution in [3.63, 3.8) is 0 Å². The summed E-state index contributed by atoms with van der Waals surface area (Å²) in [6, 6.07) is 28.2. The third kappa shape index (κ3) is 8.56. The first-order valence-corrected chi connectivity index (χ1v) is 14.8. The van der Waals surface area contributed by atoms with Crippen LogP contribution in [0.25, 0.3) is 0 Å². The number of halogens is 2. The lowest BCUT2D eigenvalue weighted by atomic mass is 10.2. The SMILES string of the molecule is O=C(COc1ccc(/C=N\NC(=O)CN(c2ccc(Cl)cc2Cl)S(=O)(=O)c2ccccc2)cc1)NCc1ccccc1. The average molecular weight is 626 g/mol. The lowest BCUT2D eigenvalue weighted by Crippen LogP contribution is -2.39. The maximum absolute atomic E-state index is 13.4. The van der Waals surface area contributed by atoms with E-state index in [0.717, 1.165) is 9.87 Å². The fourth-order valence-electron chi connectivity index (χ4n) is 3.69. The summed E-state index contributed by atoms with van der Waals surface area (Å²) >= 11 is 12.3. The molecular formula is C30H26Cl2N4O5S. The first-order chi connectivity index (χ1) is 20.2. The number of nitrogens with zero attached hydrogens (tertiary/aromatic N) is 2. The van der Waals surface area contributed by atoms with Gasteiger partial charge >= 0.3 is 0 Å². The Morgan fingerprint density at radius 3 is 2.19 bits per heavy atom. The smallest absolute Gasteiger partial charge is 0.264 e. The van der Waals surface area contributed by atoms with Crippen molar-refractivity contribution in [2.75, 3.05) is 17.5 Å². The zero-order valence-corrected chi connectivity index (χ0v) is 24.4. The lowest BCUT2D eigenvalue weighted by molar-refractivity contribution is -0.123. The molecule has 0 bridgehead atoms. The number of rotatable bonds is 12. The molecule has 0 aromatic heterocycles. The number of amides is 2. The lowest BCUT2D eigenvalue weighted by Gasteiger charge is -2.24.